The van der Waals surface area contributed by atoms with Crippen LogP contribution in [-0.2, 0) is 16.2 Å². The van der Waals surface area contributed by atoms with E-state index in [4.69, 9.17) is 16.3 Å². The van der Waals surface area contributed by atoms with Crippen molar-refractivity contribution in [1.29, 1.82) is 0 Å². The van der Waals surface area contributed by atoms with Crippen LogP contribution in [0.25, 0.3) is 5.76 Å². The predicted octanol–water partition coefficient (Wildman–Crippen LogP) is 6.01. The highest BCUT2D eigenvalue weighted by Crippen LogP contribution is 2.43. The number of ketones is 1. The van der Waals surface area contributed by atoms with Crippen LogP contribution in [-0.4, -0.2) is 27.0 Å². The average molecular weight is 532 g/mol. The van der Waals surface area contributed by atoms with E-state index >= 15 is 0 Å². The summed E-state index contributed by atoms with van der Waals surface area (Å²) in [7, 11) is 0. The monoisotopic (exact) mass is 531 g/mol. The molecule has 4 aromatic rings. The number of ether oxygens (including phenoxy) is 1. The first-order valence-corrected chi connectivity index (χ1v) is 12.7. The Labute approximate surface area is 222 Å². The number of Topliss-reactive ketones (excluding diaryl/α,β-unsaturated/α-hetero) is 1. The smallest absolute Gasteiger partial charge is 0.301 e. The minimum Gasteiger partial charge on any atom is -0.507 e. The summed E-state index contributed by atoms with van der Waals surface area (Å²) < 4.78 is 5.90. The molecule has 0 aliphatic carbocycles. The SMILES string of the molecule is Cc1nnc(N2C(=O)C(=O)C(=C(O)c3ccc(OCc4ccccc4C)cc3)[C@H]2c2cccc(Cl)c2)s1. The molecule has 7 nitrogen and oxygen atoms in total. The summed E-state index contributed by atoms with van der Waals surface area (Å²) in [5, 5.41) is 20.7. The van der Waals surface area contributed by atoms with Crippen molar-refractivity contribution >= 4 is 45.5 Å². The number of aryl methyl sites for hydroxylation is 2. The van der Waals surface area contributed by atoms with Crippen LogP contribution in [0.2, 0.25) is 5.02 Å². The number of aromatic nitrogens is 2. The maximum absolute atomic E-state index is 13.2. The summed E-state index contributed by atoms with van der Waals surface area (Å²) in [4.78, 5) is 27.6. The second-order valence-electron chi connectivity index (χ2n) is 8.57. The van der Waals surface area contributed by atoms with E-state index in [2.05, 4.69) is 10.2 Å². The molecule has 186 valence electrons. The molecule has 0 spiro atoms. The van der Waals surface area contributed by atoms with Crippen LogP contribution in [0.4, 0.5) is 5.13 Å². The molecule has 1 aliphatic rings. The maximum Gasteiger partial charge on any atom is 0.301 e. The molecule has 1 fully saturated rings. The summed E-state index contributed by atoms with van der Waals surface area (Å²) in [6.07, 6.45) is 0. The van der Waals surface area contributed by atoms with E-state index in [-0.39, 0.29) is 16.5 Å². The van der Waals surface area contributed by atoms with E-state index in [0.717, 1.165) is 11.1 Å². The van der Waals surface area contributed by atoms with Crippen LogP contribution in [0.1, 0.15) is 33.3 Å². The Hall–Kier alpha value is -4.01. The van der Waals surface area contributed by atoms with E-state index in [1.54, 1.807) is 55.5 Å². The number of hydrogen-bond acceptors (Lipinski definition) is 7. The van der Waals surface area contributed by atoms with Gasteiger partial charge in [-0.2, -0.15) is 0 Å². The van der Waals surface area contributed by atoms with Crippen LogP contribution < -0.4 is 9.64 Å². The molecule has 0 radical (unpaired) electrons. The molecule has 0 saturated carbocycles. The number of halogens is 1. The van der Waals surface area contributed by atoms with Gasteiger partial charge in [-0.3, -0.25) is 14.5 Å². The Morgan fingerprint density at radius 3 is 2.46 bits per heavy atom. The fraction of sp³-hybridized carbons (Fsp3) is 0.143. The molecule has 5 rings (SSSR count). The number of hydrogen-bond donors (Lipinski definition) is 1. The van der Waals surface area contributed by atoms with Gasteiger partial charge in [0.25, 0.3) is 5.78 Å². The van der Waals surface area contributed by atoms with E-state index in [9.17, 15) is 14.7 Å². The van der Waals surface area contributed by atoms with Crippen LogP contribution in [0.3, 0.4) is 0 Å². The number of rotatable bonds is 6. The zero-order chi connectivity index (χ0) is 26.1. The third kappa shape index (κ3) is 4.85. The van der Waals surface area contributed by atoms with Gasteiger partial charge >= 0.3 is 5.91 Å². The number of amides is 1. The molecule has 3 aromatic carbocycles. The van der Waals surface area contributed by atoms with Gasteiger partial charge < -0.3 is 9.84 Å². The minimum absolute atomic E-state index is 0.0475. The van der Waals surface area contributed by atoms with Crippen molar-refractivity contribution in [3.63, 3.8) is 0 Å². The molecule has 0 bridgehead atoms. The molecule has 9 heteroatoms. The summed E-state index contributed by atoms with van der Waals surface area (Å²) in [5.74, 6) is -1.29. The Kier molecular flexibility index (Phi) is 6.78. The Morgan fingerprint density at radius 1 is 1.03 bits per heavy atom. The zero-order valence-electron chi connectivity index (χ0n) is 20.0. The summed E-state index contributed by atoms with van der Waals surface area (Å²) in [6.45, 7) is 4.18. The molecular weight excluding hydrogens is 510 g/mol. The molecule has 1 aromatic heterocycles. The van der Waals surface area contributed by atoms with Crippen LogP contribution in [0, 0.1) is 13.8 Å². The van der Waals surface area contributed by atoms with Crippen LogP contribution in [0.15, 0.2) is 78.4 Å². The van der Waals surface area contributed by atoms with Crippen molar-refractivity contribution in [3.8, 4) is 5.75 Å². The largest absolute Gasteiger partial charge is 0.507 e. The predicted molar refractivity (Wildman–Crippen MR) is 143 cm³/mol. The molecule has 1 saturated heterocycles. The Morgan fingerprint density at radius 2 is 1.78 bits per heavy atom. The van der Waals surface area contributed by atoms with Crippen molar-refractivity contribution < 1.29 is 19.4 Å². The fourth-order valence-corrected chi connectivity index (χ4v) is 5.12. The van der Waals surface area contributed by atoms with Gasteiger partial charge in [0.15, 0.2) is 0 Å². The summed E-state index contributed by atoms with van der Waals surface area (Å²) in [6, 6.07) is 20.6. The quantitative estimate of drug-likeness (QED) is 0.186. The van der Waals surface area contributed by atoms with Gasteiger partial charge in [-0.15, -0.1) is 10.2 Å². The molecule has 2 heterocycles. The van der Waals surface area contributed by atoms with Crippen molar-refractivity contribution in [2.75, 3.05) is 4.90 Å². The Bertz CT molecular complexity index is 1530. The van der Waals surface area contributed by atoms with E-state index in [1.807, 2.05) is 31.2 Å². The van der Waals surface area contributed by atoms with Gasteiger partial charge in [-0.25, -0.2) is 0 Å². The van der Waals surface area contributed by atoms with Gasteiger partial charge in [0, 0.05) is 10.6 Å². The third-order valence-electron chi connectivity index (χ3n) is 6.11. The van der Waals surface area contributed by atoms with Gasteiger partial charge in [0.05, 0.1) is 11.6 Å². The number of carbonyl (C=O) groups excluding carboxylic acids is 2. The number of benzene rings is 3. The molecule has 1 amide bonds. The average Bonchev–Trinajstić information content (AvgIpc) is 3.43. The van der Waals surface area contributed by atoms with Crippen molar-refractivity contribution in [1.82, 2.24) is 10.2 Å². The number of anilines is 1. The first kappa shape index (κ1) is 24.7. The topological polar surface area (TPSA) is 92.6 Å². The van der Waals surface area contributed by atoms with Gasteiger partial charge in [-0.1, -0.05) is 59.3 Å². The lowest BCUT2D eigenvalue weighted by Gasteiger charge is -2.22. The minimum atomic E-state index is -0.914. The summed E-state index contributed by atoms with van der Waals surface area (Å²) >= 11 is 7.42. The molecule has 1 aliphatic heterocycles. The highest BCUT2D eigenvalue weighted by Gasteiger charge is 2.48. The van der Waals surface area contributed by atoms with Crippen molar-refractivity contribution in [3.05, 3.63) is 111 Å². The number of aliphatic hydroxyl groups is 1. The lowest BCUT2D eigenvalue weighted by atomic mass is 9.95. The molecular formula is C28H22ClN3O4S. The third-order valence-corrected chi connectivity index (χ3v) is 7.19. The van der Waals surface area contributed by atoms with Crippen LogP contribution >= 0.6 is 22.9 Å². The molecule has 1 atom stereocenters. The summed E-state index contributed by atoms with van der Waals surface area (Å²) in [5.41, 5.74) is 3.10. The zero-order valence-corrected chi connectivity index (χ0v) is 21.6. The number of nitrogens with zero attached hydrogens (tertiary/aromatic N) is 3. The lowest BCUT2D eigenvalue weighted by molar-refractivity contribution is -0.132. The van der Waals surface area contributed by atoms with E-state index < -0.39 is 17.7 Å². The van der Waals surface area contributed by atoms with Gasteiger partial charge in [0.2, 0.25) is 5.13 Å². The normalized spacial score (nSPS) is 16.8. The fourth-order valence-electron chi connectivity index (χ4n) is 4.20. The van der Waals surface area contributed by atoms with Gasteiger partial charge in [0.1, 0.15) is 23.1 Å². The van der Waals surface area contributed by atoms with Crippen molar-refractivity contribution in [2.45, 2.75) is 26.5 Å². The second kappa shape index (κ2) is 10.2. The van der Waals surface area contributed by atoms with Crippen LogP contribution in [0.5, 0.6) is 5.75 Å². The highest BCUT2D eigenvalue weighted by molar-refractivity contribution is 7.15. The number of carbonyl (C=O) groups is 2. The first-order chi connectivity index (χ1) is 17.8. The second-order valence-corrected chi connectivity index (χ2v) is 10.2. The Balaban J connectivity index is 1.51. The van der Waals surface area contributed by atoms with Crippen molar-refractivity contribution in [2.24, 2.45) is 0 Å². The van der Waals surface area contributed by atoms with E-state index in [0.29, 0.717) is 33.5 Å². The highest BCUT2D eigenvalue weighted by atomic mass is 35.5. The maximum atomic E-state index is 13.2. The molecule has 0 unspecified atom stereocenters. The van der Waals surface area contributed by atoms with Gasteiger partial charge in [-0.05, 0) is 66.9 Å². The number of aliphatic hydroxyl groups excluding tert-OH is 1. The molecule has 1 N–H and O–H groups in total. The molecule has 37 heavy (non-hydrogen) atoms. The first-order valence-electron chi connectivity index (χ1n) is 11.5. The standard InChI is InChI=1S/C28H22ClN3O4S/c1-16-6-3-4-7-20(16)15-36-22-12-10-18(11-13-22)25(33)23-24(19-8-5-9-21(29)14-19)32(27(35)26(23)34)28-31-30-17(2)37-28/h3-14,24,33H,15H2,1-2H3/t24-/m1/s1. The van der Waals surface area contributed by atoms with E-state index in [1.165, 1.54) is 16.2 Å². The lowest BCUT2D eigenvalue weighted by Crippen LogP contribution is -2.29.